The van der Waals surface area contributed by atoms with Crippen molar-refractivity contribution in [1.29, 1.82) is 0 Å². The third kappa shape index (κ3) is 5.27. The summed E-state index contributed by atoms with van der Waals surface area (Å²) in [5, 5.41) is 0.550. The average Bonchev–Trinajstić information content (AvgIpc) is 3.21. The molecule has 2 aromatic carbocycles. The number of rotatable bonds is 8. The lowest BCUT2D eigenvalue weighted by atomic mass is 10.2. The largest absolute Gasteiger partial charge is 0.492 e. The summed E-state index contributed by atoms with van der Waals surface area (Å²) in [6.45, 7) is 8.72. The van der Waals surface area contributed by atoms with Crippen LogP contribution in [0.25, 0.3) is 10.9 Å². The molecule has 0 amide bonds. The minimum absolute atomic E-state index is 0.208. The molecule has 9 nitrogen and oxygen atoms in total. The molecule has 5 rings (SSSR count). The standard InChI is InChI=1S/C26H32N4O5S/c1-3-33-23-9-10-25(21-6-4-11-27-26(21)23)36(31,32)28-19(2)30-13-5-12-29(14-15-30)17-20-7-8-22-24(16-20)35-18-34-22/h4,6-11,16,19,28H,3,5,12-15,17-18H2,1-2H3. The molecule has 3 heterocycles. The molecule has 2 aliphatic heterocycles. The number of hydrogen-bond acceptors (Lipinski definition) is 8. The maximum Gasteiger partial charge on any atom is 0.242 e. The molecule has 1 N–H and O–H groups in total. The quantitative estimate of drug-likeness (QED) is 0.492. The van der Waals surface area contributed by atoms with Gasteiger partial charge in [0.2, 0.25) is 16.8 Å². The topological polar surface area (TPSA) is 93.2 Å². The zero-order valence-corrected chi connectivity index (χ0v) is 21.5. The third-order valence-corrected chi connectivity index (χ3v) is 8.21. The second-order valence-electron chi connectivity index (χ2n) is 9.04. The van der Waals surface area contributed by atoms with E-state index in [2.05, 4.69) is 25.6 Å². The van der Waals surface area contributed by atoms with Crippen molar-refractivity contribution in [3.8, 4) is 17.2 Å². The average molecular weight is 513 g/mol. The molecule has 1 aromatic heterocycles. The zero-order chi connectivity index (χ0) is 25.1. The summed E-state index contributed by atoms with van der Waals surface area (Å²) in [6, 6.07) is 12.9. The van der Waals surface area contributed by atoms with E-state index in [0.717, 1.165) is 50.6 Å². The van der Waals surface area contributed by atoms with Gasteiger partial charge in [-0.2, -0.15) is 4.72 Å². The number of hydrogen-bond donors (Lipinski definition) is 1. The molecule has 0 saturated carbocycles. The number of aromatic nitrogens is 1. The fourth-order valence-corrected chi connectivity index (χ4v) is 6.25. The van der Waals surface area contributed by atoms with E-state index in [1.54, 1.807) is 30.5 Å². The van der Waals surface area contributed by atoms with Crippen LogP contribution in [0.3, 0.4) is 0 Å². The first-order chi connectivity index (χ1) is 17.4. The van der Waals surface area contributed by atoms with Crippen molar-refractivity contribution in [2.24, 2.45) is 0 Å². The molecule has 0 radical (unpaired) electrons. The van der Waals surface area contributed by atoms with Crippen LogP contribution in [0.15, 0.2) is 53.6 Å². The Labute approximate surface area is 212 Å². The van der Waals surface area contributed by atoms with Crippen molar-refractivity contribution in [3.05, 3.63) is 54.2 Å². The number of benzene rings is 2. The lowest BCUT2D eigenvalue weighted by molar-refractivity contribution is 0.174. The zero-order valence-electron chi connectivity index (χ0n) is 20.6. The van der Waals surface area contributed by atoms with Crippen molar-refractivity contribution < 1.29 is 22.6 Å². The van der Waals surface area contributed by atoms with Gasteiger partial charge in [0.1, 0.15) is 11.3 Å². The normalized spacial score (nSPS) is 17.7. The van der Waals surface area contributed by atoms with Gasteiger partial charge in [-0.25, -0.2) is 8.42 Å². The molecule has 1 unspecified atom stereocenters. The molecule has 1 fully saturated rings. The van der Waals surface area contributed by atoms with E-state index in [1.165, 1.54) is 5.56 Å². The predicted molar refractivity (Wildman–Crippen MR) is 137 cm³/mol. The molecule has 192 valence electrons. The minimum atomic E-state index is -3.77. The molecule has 3 aromatic rings. The fourth-order valence-electron chi connectivity index (χ4n) is 4.82. The molecule has 2 aliphatic rings. The van der Waals surface area contributed by atoms with E-state index in [9.17, 15) is 8.42 Å². The van der Waals surface area contributed by atoms with Gasteiger partial charge in [0, 0.05) is 37.8 Å². The summed E-state index contributed by atoms with van der Waals surface area (Å²) in [5.41, 5.74) is 1.72. The maximum absolute atomic E-state index is 13.4. The predicted octanol–water partition coefficient (Wildman–Crippen LogP) is 3.19. The Bertz CT molecular complexity index is 1330. The van der Waals surface area contributed by atoms with Crippen molar-refractivity contribution in [2.75, 3.05) is 39.6 Å². The van der Waals surface area contributed by atoms with Gasteiger partial charge in [0.15, 0.2) is 11.5 Å². The first-order valence-corrected chi connectivity index (χ1v) is 13.8. The second-order valence-corrected chi connectivity index (χ2v) is 10.7. The highest BCUT2D eigenvalue weighted by Crippen LogP contribution is 2.33. The number of nitrogens with zero attached hydrogens (tertiary/aromatic N) is 3. The Hall–Kier alpha value is -2.92. The smallest absolute Gasteiger partial charge is 0.242 e. The number of sulfonamides is 1. The Morgan fingerprint density at radius 2 is 1.94 bits per heavy atom. The van der Waals surface area contributed by atoms with Crippen LogP contribution in [0.4, 0.5) is 0 Å². The van der Waals surface area contributed by atoms with E-state index < -0.39 is 10.0 Å². The highest BCUT2D eigenvalue weighted by molar-refractivity contribution is 7.89. The van der Waals surface area contributed by atoms with Crippen molar-refractivity contribution in [1.82, 2.24) is 19.5 Å². The van der Waals surface area contributed by atoms with Gasteiger partial charge in [-0.15, -0.1) is 0 Å². The molecule has 0 spiro atoms. The monoisotopic (exact) mass is 512 g/mol. The summed E-state index contributed by atoms with van der Waals surface area (Å²) < 4.78 is 46.3. The summed E-state index contributed by atoms with van der Waals surface area (Å²) in [6.07, 6.45) is 2.25. The Morgan fingerprint density at radius 1 is 1.08 bits per heavy atom. The fraction of sp³-hybridized carbons (Fsp3) is 0.423. The number of fused-ring (bicyclic) bond motifs is 2. The summed E-state index contributed by atoms with van der Waals surface area (Å²) in [4.78, 5) is 9.16. The van der Waals surface area contributed by atoms with Crippen LogP contribution in [0.2, 0.25) is 0 Å². The highest BCUT2D eigenvalue weighted by atomic mass is 32.2. The first kappa shape index (κ1) is 24.8. The Morgan fingerprint density at radius 3 is 2.81 bits per heavy atom. The first-order valence-electron chi connectivity index (χ1n) is 12.3. The number of nitrogens with one attached hydrogen (secondary N) is 1. The summed E-state index contributed by atoms with van der Waals surface area (Å²) in [5.74, 6) is 2.16. The summed E-state index contributed by atoms with van der Waals surface area (Å²) in [7, 11) is -3.77. The lowest BCUT2D eigenvalue weighted by Gasteiger charge is -2.28. The van der Waals surface area contributed by atoms with E-state index >= 15 is 0 Å². The molecule has 0 aliphatic carbocycles. The van der Waals surface area contributed by atoms with Gasteiger partial charge < -0.3 is 14.2 Å². The number of pyridine rings is 1. The Balaban J connectivity index is 1.25. The van der Waals surface area contributed by atoms with Gasteiger partial charge in [-0.05, 0) is 68.8 Å². The van der Waals surface area contributed by atoms with E-state index in [-0.39, 0.29) is 17.9 Å². The molecule has 36 heavy (non-hydrogen) atoms. The highest BCUT2D eigenvalue weighted by Gasteiger charge is 2.26. The lowest BCUT2D eigenvalue weighted by Crippen LogP contribution is -2.47. The Kier molecular flexibility index (Phi) is 7.29. The van der Waals surface area contributed by atoms with Crippen molar-refractivity contribution >= 4 is 20.9 Å². The van der Waals surface area contributed by atoms with Crippen molar-refractivity contribution in [3.63, 3.8) is 0 Å². The van der Waals surface area contributed by atoms with Crippen LogP contribution in [-0.4, -0.2) is 68.9 Å². The molecule has 10 heteroatoms. The SMILES string of the molecule is CCOc1ccc(S(=O)(=O)NC(C)N2CCCN(Cc3ccc4c(c3)OCO4)CC2)c2cccnc12. The third-order valence-electron chi connectivity index (χ3n) is 6.62. The van der Waals surface area contributed by atoms with Crippen molar-refractivity contribution in [2.45, 2.75) is 37.9 Å². The van der Waals surface area contributed by atoms with Crippen LogP contribution in [0.1, 0.15) is 25.8 Å². The maximum atomic E-state index is 13.4. The van der Waals surface area contributed by atoms with Crippen LogP contribution in [0, 0.1) is 0 Å². The van der Waals surface area contributed by atoms with Crippen LogP contribution >= 0.6 is 0 Å². The molecular formula is C26H32N4O5S. The van der Waals surface area contributed by atoms with Crippen LogP contribution < -0.4 is 18.9 Å². The van der Waals surface area contributed by atoms with Gasteiger partial charge in [-0.1, -0.05) is 6.07 Å². The van der Waals surface area contributed by atoms with Gasteiger partial charge >= 0.3 is 0 Å². The van der Waals surface area contributed by atoms with Crippen LogP contribution in [-0.2, 0) is 16.6 Å². The van der Waals surface area contributed by atoms with E-state index in [1.807, 2.05) is 26.0 Å². The number of ether oxygens (including phenoxy) is 3. The molecule has 1 saturated heterocycles. The molecular weight excluding hydrogens is 480 g/mol. The molecule has 0 bridgehead atoms. The van der Waals surface area contributed by atoms with Gasteiger partial charge in [-0.3, -0.25) is 14.8 Å². The van der Waals surface area contributed by atoms with Gasteiger partial charge in [0.25, 0.3) is 0 Å². The second kappa shape index (κ2) is 10.6. The molecule has 1 atom stereocenters. The van der Waals surface area contributed by atoms with Gasteiger partial charge in [0.05, 0.1) is 17.7 Å². The van der Waals surface area contributed by atoms with E-state index in [4.69, 9.17) is 14.2 Å². The van der Waals surface area contributed by atoms with E-state index in [0.29, 0.717) is 23.3 Å². The van der Waals surface area contributed by atoms with Crippen LogP contribution in [0.5, 0.6) is 17.2 Å². The summed E-state index contributed by atoms with van der Waals surface area (Å²) >= 11 is 0. The minimum Gasteiger partial charge on any atom is -0.492 e.